The van der Waals surface area contributed by atoms with Crippen LogP contribution in [0, 0.1) is 5.92 Å². The molecule has 1 heterocycles. The van der Waals surface area contributed by atoms with Gasteiger partial charge in [0.1, 0.15) is 11.0 Å². The topological polar surface area (TPSA) is 63.8 Å². The zero-order valence-corrected chi connectivity index (χ0v) is 9.17. The number of nitrogen functional groups attached to an aromatic ring is 1. The number of nitrogens with one attached hydrogen (secondary N) is 1. The second-order valence-corrected chi connectivity index (χ2v) is 3.93. The highest BCUT2D eigenvalue weighted by atomic mass is 35.5. The van der Waals surface area contributed by atoms with Crippen LogP contribution in [0.25, 0.3) is 0 Å². The molecule has 14 heavy (non-hydrogen) atoms. The Kier molecular flexibility index (Phi) is 3.95. The van der Waals surface area contributed by atoms with Crippen LogP contribution in [0.1, 0.15) is 20.3 Å². The van der Waals surface area contributed by atoms with E-state index in [1.165, 1.54) is 0 Å². The maximum Gasteiger partial charge on any atom is 0.223 e. The fraction of sp³-hybridized carbons (Fsp3) is 0.556. The number of rotatable bonds is 4. The lowest BCUT2D eigenvalue weighted by Gasteiger charge is -2.07. The second kappa shape index (κ2) is 5.00. The summed E-state index contributed by atoms with van der Waals surface area (Å²) in [4.78, 5) is 7.77. The van der Waals surface area contributed by atoms with Crippen molar-refractivity contribution in [2.24, 2.45) is 5.92 Å². The number of halogens is 1. The molecule has 3 N–H and O–H groups in total. The van der Waals surface area contributed by atoms with Gasteiger partial charge in [0, 0.05) is 12.6 Å². The predicted octanol–water partition coefficient (Wildman–Crippen LogP) is 2.17. The lowest BCUT2D eigenvalue weighted by atomic mass is 10.1. The minimum absolute atomic E-state index is 0.199. The van der Waals surface area contributed by atoms with Crippen molar-refractivity contribution >= 4 is 23.4 Å². The molecular formula is C9H15ClN4. The van der Waals surface area contributed by atoms with Gasteiger partial charge >= 0.3 is 0 Å². The molecule has 1 rings (SSSR count). The first-order valence-electron chi connectivity index (χ1n) is 4.62. The zero-order chi connectivity index (χ0) is 10.6. The SMILES string of the molecule is CC(C)CCNc1cc(Cl)nc(N)n1. The summed E-state index contributed by atoms with van der Waals surface area (Å²) < 4.78 is 0. The molecule has 1 aromatic rings. The minimum atomic E-state index is 0.199. The van der Waals surface area contributed by atoms with Crippen molar-refractivity contribution in [1.82, 2.24) is 9.97 Å². The van der Waals surface area contributed by atoms with E-state index < -0.39 is 0 Å². The Morgan fingerprint density at radius 3 is 2.79 bits per heavy atom. The molecule has 5 heteroatoms. The van der Waals surface area contributed by atoms with Crippen molar-refractivity contribution in [3.63, 3.8) is 0 Å². The molecule has 0 aliphatic carbocycles. The van der Waals surface area contributed by atoms with Crippen LogP contribution in [-0.2, 0) is 0 Å². The highest BCUT2D eigenvalue weighted by Crippen LogP contribution is 2.12. The van der Waals surface area contributed by atoms with Crippen molar-refractivity contribution in [3.8, 4) is 0 Å². The normalized spacial score (nSPS) is 10.6. The molecule has 0 radical (unpaired) electrons. The van der Waals surface area contributed by atoms with E-state index in [-0.39, 0.29) is 5.95 Å². The van der Waals surface area contributed by atoms with Crippen molar-refractivity contribution in [2.45, 2.75) is 20.3 Å². The van der Waals surface area contributed by atoms with Crippen molar-refractivity contribution in [2.75, 3.05) is 17.6 Å². The zero-order valence-electron chi connectivity index (χ0n) is 8.42. The summed E-state index contributed by atoms with van der Waals surface area (Å²) in [6, 6.07) is 1.66. The summed E-state index contributed by atoms with van der Waals surface area (Å²) in [5.74, 6) is 1.55. The van der Waals surface area contributed by atoms with Crippen LogP contribution in [-0.4, -0.2) is 16.5 Å². The molecule has 1 aromatic heterocycles. The van der Waals surface area contributed by atoms with Gasteiger partial charge in [-0.3, -0.25) is 0 Å². The predicted molar refractivity (Wildman–Crippen MR) is 59.4 cm³/mol. The number of hydrogen-bond donors (Lipinski definition) is 2. The van der Waals surface area contributed by atoms with Gasteiger partial charge in [0.05, 0.1) is 0 Å². The molecule has 0 unspecified atom stereocenters. The molecule has 0 aromatic carbocycles. The van der Waals surface area contributed by atoms with E-state index in [9.17, 15) is 0 Å². The van der Waals surface area contributed by atoms with Gasteiger partial charge in [0.2, 0.25) is 5.95 Å². The molecule has 0 spiro atoms. The summed E-state index contributed by atoms with van der Waals surface area (Å²) in [6.07, 6.45) is 1.08. The molecule has 0 saturated heterocycles. The first-order valence-corrected chi connectivity index (χ1v) is 4.99. The third kappa shape index (κ3) is 3.79. The van der Waals surface area contributed by atoms with Gasteiger partial charge in [-0.1, -0.05) is 25.4 Å². The molecule has 0 atom stereocenters. The van der Waals surface area contributed by atoms with Crippen LogP contribution in [0.5, 0.6) is 0 Å². The quantitative estimate of drug-likeness (QED) is 0.755. The molecule has 0 aliphatic heterocycles. The standard InChI is InChI=1S/C9H15ClN4/c1-6(2)3-4-12-8-5-7(10)13-9(11)14-8/h5-6H,3-4H2,1-2H3,(H3,11,12,13,14). The molecule has 4 nitrogen and oxygen atoms in total. The maximum absolute atomic E-state index is 5.72. The van der Waals surface area contributed by atoms with E-state index in [0.717, 1.165) is 13.0 Å². The number of hydrogen-bond acceptors (Lipinski definition) is 4. The third-order valence-corrected chi connectivity index (χ3v) is 1.93. The van der Waals surface area contributed by atoms with Gasteiger partial charge in [-0.05, 0) is 12.3 Å². The van der Waals surface area contributed by atoms with Gasteiger partial charge < -0.3 is 11.1 Å². The molecule has 0 aliphatic rings. The number of aromatic nitrogens is 2. The average molecular weight is 215 g/mol. The summed E-state index contributed by atoms with van der Waals surface area (Å²) in [5.41, 5.74) is 5.44. The average Bonchev–Trinajstić information content (AvgIpc) is 2.01. The fourth-order valence-electron chi connectivity index (χ4n) is 1.01. The molecule has 78 valence electrons. The Hall–Kier alpha value is -1.03. The first kappa shape index (κ1) is 11.0. The number of nitrogens with two attached hydrogens (primary N) is 1. The largest absolute Gasteiger partial charge is 0.370 e. The maximum atomic E-state index is 5.72. The number of nitrogens with zero attached hydrogens (tertiary/aromatic N) is 2. The van der Waals surface area contributed by atoms with Crippen LogP contribution in [0.15, 0.2) is 6.07 Å². The lowest BCUT2D eigenvalue weighted by molar-refractivity contribution is 0.606. The summed E-state index contributed by atoms with van der Waals surface area (Å²) in [6.45, 7) is 5.20. The van der Waals surface area contributed by atoms with Gasteiger partial charge in [-0.15, -0.1) is 0 Å². The Bertz CT molecular complexity index is 281. The van der Waals surface area contributed by atoms with Crippen LogP contribution in [0.2, 0.25) is 5.15 Å². The van der Waals surface area contributed by atoms with Crippen molar-refractivity contribution in [3.05, 3.63) is 11.2 Å². The molecular weight excluding hydrogens is 200 g/mol. The van der Waals surface area contributed by atoms with Gasteiger partial charge in [0.15, 0.2) is 0 Å². The highest BCUT2D eigenvalue weighted by molar-refractivity contribution is 6.29. The van der Waals surface area contributed by atoms with Crippen LogP contribution in [0.3, 0.4) is 0 Å². The van der Waals surface area contributed by atoms with E-state index in [1.54, 1.807) is 6.07 Å². The van der Waals surface area contributed by atoms with E-state index in [0.29, 0.717) is 16.9 Å². The minimum Gasteiger partial charge on any atom is -0.370 e. The Labute approximate surface area is 88.9 Å². The smallest absolute Gasteiger partial charge is 0.223 e. The molecule has 0 fully saturated rings. The molecule has 0 bridgehead atoms. The molecule has 0 saturated carbocycles. The lowest BCUT2D eigenvalue weighted by Crippen LogP contribution is -2.07. The van der Waals surface area contributed by atoms with Crippen LogP contribution < -0.4 is 11.1 Å². The van der Waals surface area contributed by atoms with Gasteiger partial charge in [0.25, 0.3) is 0 Å². The second-order valence-electron chi connectivity index (χ2n) is 3.54. The van der Waals surface area contributed by atoms with E-state index in [2.05, 4.69) is 29.1 Å². The first-order chi connectivity index (χ1) is 6.58. The van der Waals surface area contributed by atoms with E-state index in [4.69, 9.17) is 17.3 Å². The summed E-state index contributed by atoms with van der Waals surface area (Å²) in [7, 11) is 0. The fourth-order valence-corrected chi connectivity index (χ4v) is 1.20. The number of anilines is 2. The van der Waals surface area contributed by atoms with Crippen LogP contribution >= 0.6 is 11.6 Å². The summed E-state index contributed by atoms with van der Waals surface area (Å²) in [5, 5.41) is 3.51. The Morgan fingerprint density at radius 2 is 2.21 bits per heavy atom. The monoisotopic (exact) mass is 214 g/mol. The van der Waals surface area contributed by atoms with Crippen molar-refractivity contribution < 1.29 is 0 Å². The third-order valence-electron chi connectivity index (χ3n) is 1.74. The van der Waals surface area contributed by atoms with Crippen molar-refractivity contribution in [1.29, 1.82) is 0 Å². The van der Waals surface area contributed by atoms with Gasteiger partial charge in [-0.2, -0.15) is 4.98 Å². The molecule has 0 amide bonds. The van der Waals surface area contributed by atoms with Crippen LogP contribution in [0.4, 0.5) is 11.8 Å². The summed E-state index contributed by atoms with van der Waals surface area (Å²) >= 11 is 5.72. The van der Waals surface area contributed by atoms with E-state index >= 15 is 0 Å². The Morgan fingerprint density at radius 1 is 1.50 bits per heavy atom. The van der Waals surface area contributed by atoms with Gasteiger partial charge in [-0.25, -0.2) is 4.98 Å². The highest BCUT2D eigenvalue weighted by Gasteiger charge is 2.00. The Balaban J connectivity index is 2.50. The van der Waals surface area contributed by atoms with E-state index in [1.807, 2.05) is 0 Å².